The van der Waals surface area contributed by atoms with Crippen LogP contribution < -0.4 is 20.5 Å². The van der Waals surface area contributed by atoms with E-state index in [4.69, 9.17) is 15.2 Å². The lowest BCUT2D eigenvalue weighted by Crippen LogP contribution is -2.24. The van der Waals surface area contributed by atoms with Crippen LogP contribution in [0.1, 0.15) is 30.1 Å². The second-order valence-electron chi connectivity index (χ2n) is 4.05. The summed E-state index contributed by atoms with van der Waals surface area (Å²) in [7, 11) is 1.56. The van der Waals surface area contributed by atoms with Crippen LogP contribution in [0.2, 0.25) is 0 Å². The second kappa shape index (κ2) is 10.3. The Balaban J connectivity index is 0.00000361. The van der Waals surface area contributed by atoms with Crippen molar-refractivity contribution in [2.45, 2.75) is 19.8 Å². The van der Waals surface area contributed by atoms with Crippen LogP contribution in [0, 0.1) is 0 Å². The Hall–Kier alpha value is -1.46. The van der Waals surface area contributed by atoms with E-state index in [0.717, 1.165) is 12.8 Å². The summed E-state index contributed by atoms with van der Waals surface area (Å²) >= 11 is 0. The number of hydrogen-bond acceptors (Lipinski definition) is 4. The van der Waals surface area contributed by atoms with E-state index in [9.17, 15) is 4.79 Å². The molecule has 0 aliphatic rings. The number of methoxy groups -OCH3 is 1. The van der Waals surface area contributed by atoms with Crippen LogP contribution in [-0.4, -0.2) is 32.7 Å². The number of ether oxygens (including phenoxy) is 2. The van der Waals surface area contributed by atoms with E-state index in [1.54, 1.807) is 25.3 Å². The standard InChI is InChI=1S/C14H22N2O3.ClH/c1-3-19-12-7-6-11(10-13(12)18-2)14(17)16-9-5-4-8-15;/h6-7,10H,3-5,8-9,15H2,1-2H3,(H,16,17);1H. The van der Waals surface area contributed by atoms with Crippen LogP contribution in [-0.2, 0) is 0 Å². The summed E-state index contributed by atoms with van der Waals surface area (Å²) in [5, 5.41) is 2.85. The number of amides is 1. The maximum Gasteiger partial charge on any atom is 0.251 e. The molecular weight excluding hydrogens is 280 g/mol. The first-order valence-corrected chi connectivity index (χ1v) is 6.52. The minimum Gasteiger partial charge on any atom is -0.493 e. The van der Waals surface area contributed by atoms with Crippen LogP contribution in [0.5, 0.6) is 11.5 Å². The van der Waals surface area contributed by atoms with Crippen molar-refractivity contribution in [3.63, 3.8) is 0 Å². The SMILES string of the molecule is CCOc1ccc(C(=O)NCCCCN)cc1OC.Cl. The van der Waals surface area contributed by atoms with Crippen molar-refractivity contribution in [2.24, 2.45) is 5.73 Å². The first-order valence-electron chi connectivity index (χ1n) is 6.52. The molecule has 1 aromatic carbocycles. The molecule has 0 fully saturated rings. The predicted molar refractivity (Wildman–Crippen MR) is 82.0 cm³/mol. The lowest BCUT2D eigenvalue weighted by Gasteiger charge is -2.11. The Bertz CT molecular complexity index is 413. The number of benzene rings is 1. The first kappa shape index (κ1) is 18.5. The number of halogens is 1. The number of nitrogens with two attached hydrogens (primary N) is 1. The molecule has 0 bridgehead atoms. The number of hydrogen-bond donors (Lipinski definition) is 2. The molecule has 0 atom stereocenters. The molecule has 20 heavy (non-hydrogen) atoms. The molecule has 0 aliphatic carbocycles. The van der Waals surface area contributed by atoms with Crippen molar-refractivity contribution < 1.29 is 14.3 Å². The van der Waals surface area contributed by atoms with E-state index in [1.807, 2.05) is 6.92 Å². The minimum absolute atomic E-state index is 0. The maximum absolute atomic E-state index is 11.9. The lowest BCUT2D eigenvalue weighted by molar-refractivity contribution is 0.0952. The van der Waals surface area contributed by atoms with Crippen LogP contribution in [0.4, 0.5) is 0 Å². The van der Waals surface area contributed by atoms with Crippen molar-refractivity contribution in [3.8, 4) is 11.5 Å². The van der Waals surface area contributed by atoms with Gasteiger partial charge in [0.1, 0.15) is 0 Å². The van der Waals surface area contributed by atoms with Gasteiger partial charge in [-0.05, 0) is 44.5 Å². The molecule has 0 radical (unpaired) electrons. The summed E-state index contributed by atoms with van der Waals surface area (Å²) in [6.07, 6.45) is 1.79. The fraction of sp³-hybridized carbons (Fsp3) is 0.500. The molecule has 1 amide bonds. The van der Waals surface area contributed by atoms with Crippen LogP contribution >= 0.6 is 12.4 Å². The molecule has 3 N–H and O–H groups in total. The third-order valence-electron chi connectivity index (χ3n) is 2.64. The number of unbranched alkanes of at least 4 members (excludes halogenated alkanes) is 1. The Labute approximate surface area is 126 Å². The number of carbonyl (C=O) groups is 1. The molecule has 0 aliphatic heterocycles. The summed E-state index contributed by atoms with van der Waals surface area (Å²) in [5.74, 6) is 1.10. The highest BCUT2D eigenvalue weighted by molar-refractivity contribution is 5.94. The molecule has 0 saturated heterocycles. The molecule has 1 aromatic rings. The third-order valence-corrected chi connectivity index (χ3v) is 2.64. The zero-order chi connectivity index (χ0) is 14.1. The summed E-state index contributed by atoms with van der Waals surface area (Å²) in [6, 6.07) is 5.16. The summed E-state index contributed by atoms with van der Waals surface area (Å²) in [5.41, 5.74) is 5.96. The largest absolute Gasteiger partial charge is 0.493 e. The fourth-order valence-electron chi connectivity index (χ4n) is 1.66. The van der Waals surface area contributed by atoms with E-state index < -0.39 is 0 Å². The van der Waals surface area contributed by atoms with Gasteiger partial charge in [-0.3, -0.25) is 4.79 Å². The zero-order valence-corrected chi connectivity index (χ0v) is 12.8. The summed E-state index contributed by atoms with van der Waals surface area (Å²) in [4.78, 5) is 11.9. The second-order valence-corrected chi connectivity index (χ2v) is 4.05. The third kappa shape index (κ3) is 5.67. The van der Waals surface area contributed by atoms with E-state index in [-0.39, 0.29) is 18.3 Å². The molecule has 6 heteroatoms. The summed E-state index contributed by atoms with van der Waals surface area (Å²) < 4.78 is 10.6. The van der Waals surface area contributed by atoms with Gasteiger partial charge in [0.15, 0.2) is 11.5 Å². The van der Waals surface area contributed by atoms with Gasteiger partial charge in [0.05, 0.1) is 13.7 Å². The number of nitrogens with one attached hydrogen (secondary N) is 1. The molecule has 0 aromatic heterocycles. The Morgan fingerprint density at radius 3 is 2.65 bits per heavy atom. The topological polar surface area (TPSA) is 73.6 Å². The van der Waals surface area contributed by atoms with Gasteiger partial charge in [0.25, 0.3) is 5.91 Å². The van der Waals surface area contributed by atoms with Crippen molar-refractivity contribution in [2.75, 3.05) is 26.8 Å². The van der Waals surface area contributed by atoms with Gasteiger partial charge < -0.3 is 20.5 Å². The molecule has 0 spiro atoms. The van der Waals surface area contributed by atoms with E-state index in [1.165, 1.54) is 0 Å². The van der Waals surface area contributed by atoms with E-state index in [0.29, 0.717) is 36.8 Å². The Morgan fingerprint density at radius 1 is 1.30 bits per heavy atom. The average Bonchev–Trinajstić information content (AvgIpc) is 2.44. The van der Waals surface area contributed by atoms with Crippen molar-refractivity contribution in [3.05, 3.63) is 23.8 Å². The molecule has 1 rings (SSSR count). The highest BCUT2D eigenvalue weighted by Crippen LogP contribution is 2.27. The fourth-order valence-corrected chi connectivity index (χ4v) is 1.66. The summed E-state index contributed by atoms with van der Waals surface area (Å²) in [6.45, 7) is 3.73. The monoisotopic (exact) mass is 302 g/mol. The zero-order valence-electron chi connectivity index (χ0n) is 12.0. The van der Waals surface area contributed by atoms with Gasteiger partial charge in [0.2, 0.25) is 0 Å². The Kier molecular flexibility index (Phi) is 9.59. The van der Waals surface area contributed by atoms with Gasteiger partial charge in [-0.25, -0.2) is 0 Å². The number of rotatable bonds is 8. The number of carbonyl (C=O) groups excluding carboxylic acids is 1. The van der Waals surface area contributed by atoms with Gasteiger partial charge in [-0.15, -0.1) is 12.4 Å². The Morgan fingerprint density at radius 2 is 2.05 bits per heavy atom. The van der Waals surface area contributed by atoms with Gasteiger partial charge in [-0.1, -0.05) is 0 Å². The van der Waals surface area contributed by atoms with Crippen molar-refractivity contribution in [1.82, 2.24) is 5.32 Å². The van der Waals surface area contributed by atoms with Crippen molar-refractivity contribution in [1.29, 1.82) is 0 Å². The van der Waals surface area contributed by atoms with Crippen LogP contribution in [0.25, 0.3) is 0 Å². The van der Waals surface area contributed by atoms with Gasteiger partial charge >= 0.3 is 0 Å². The molecule has 0 unspecified atom stereocenters. The van der Waals surface area contributed by atoms with E-state index >= 15 is 0 Å². The minimum atomic E-state index is -0.113. The smallest absolute Gasteiger partial charge is 0.251 e. The van der Waals surface area contributed by atoms with E-state index in [2.05, 4.69) is 5.32 Å². The maximum atomic E-state index is 11.9. The molecule has 0 saturated carbocycles. The van der Waals surface area contributed by atoms with Gasteiger partial charge in [-0.2, -0.15) is 0 Å². The molecule has 114 valence electrons. The molecule has 5 nitrogen and oxygen atoms in total. The van der Waals surface area contributed by atoms with Crippen molar-refractivity contribution >= 4 is 18.3 Å². The molecular formula is C14H23ClN2O3. The molecule has 0 heterocycles. The first-order chi connectivity index (χ1) is 9.22. The van der Waals surface area contributed by atoms with Gasteiger partial charge in [0, 0.05) is 12.1 Å². The van der Waals surface area contributed by atoms with Crippen LogP contribution in [0.3, 0.4) is 0 Å². The predicted octanol–water partition coefficient (Wildman–Crippen LogP) is 1.98. The van der Waals surface area contributed by atoms with Crippen LogP contribution in [0.15, 0.2) is 18.2 Å². The average molecular weight is 303 g/mol. The highest BCUT2D eigenvalue weighted by atomic mass is 35.5. The highest BCUT2D eigenvalue weighted by Gasteiger charge is 2.10. The quantitative estimate of drug-likeness (QED) is 0.720. The normalized spacial score (nSPS) is 9.55. The lowest BCUT2D eigenvalue weighted by atomic mass is 10.2.